The van der Waals surface area contributed by atoms with E-state index in [1.165, 1.54) is 7.11 Å². The molecule has 2 N–H and O–H groups in total. The Balaban J connectivity index is 1.98. The number of hydrogen-bond acceptors (Lipinski definition) is 3. The van der Waals surface area contributed by atoms with Gasteiger partial charge >= 0.3 is 0 Å². The van der Waals surface area contributed by atoms with Crippen LogP contribution in [0, 0.1) is 0 Å². The molecular formula is C17H18ClNO3. The molecule has 0 aliphatic carbocycles. The molecule has 1 amide bonds. The number of hydrogen-bond donors (Lipinski definition) is 2. The van der Waals surface area contributed by atoms with Crippen LogP contribution < -0.4 is 5.32 Å². The lowest BCUT2D eigenvalue weighted by Crippen LogP contribution is -2.33. The molecule has 0 fully saturated rings. The van der Waals surface area contributed by atoms with Crippen molar-refractivity contribution < 1.29 is 14.6 Å². The van der Waals surface area contributed by atoms with E-state index in [0.717, 1.165) is 5.56 Å². The zero-order chi connectivity index (χ0) is 15.9. The number of ether oxygens (including phenoxy) is 1. The van der Waals surface area contributed by atoms with Gasteiger partial charge in [0.1, 0.15) is 0 Å². The fourth-order valence-corrected chi connectivity index (χ4v) is 2.43. The summed E-state index contributed by atoms with van der Waals surface area (Å²) in [6.07, 6.45) is -1.58. The summed E-state index contributed by atoms with van der Waals surface area (Å²) in [7, 11) is 1.47. The quantitative estimate of drug-likeness (QED) is 0.860. The van der Waals surface area contributed by atoms with Crippen LogP contribution in [-0.4, -0.2) is 24.7 Å². The van der Waals surface area contributed by atoms with Gasteiger partial charge in [-0.3, -0.25) is 4.79 Å². The van der Waals surface area contributed by atoms with Gasteiger partial charge in [0.2, 0.25) is 0 Å². The summed E-state index contributed by atoms with van der Waals surface area (Å²) < 4.78 is 5.24. The van der Waals surface area contributed by atoms with Crippen molar-refractivity contribution in [3.05, 3.63) is 70.7 Å². The molecule has 22 heavy (non-hydrogen) atoms. The predicted octanol–water partition coefficient (Wildman–Crippen LogP) is 2.88. The van der Waals surface area contributed by atoms with Gasteiger partial charge in [0, 0.05) is 24.2 Å². The number of amides is 1. The first-order valence-corrected chi connectivity index (χ1v) is 7.29. The third-order valence-electron chi connectivity index (χ3n) is 3.31. The van der Waals surface area contributed by atoms with Gasteiger partial charge in [-0.15, -0.1) is 0 Å². The molecule has 2 rings (SSSR count). The fourth-order valence-electron chi connectivity index (χ4n) is 2.17. The molecule has 0 saturated carbocycles. The van der Waals surface area contributed by atoms with Crippen LogP contribution in [0.4, 0.5) is 0 Å². The molecule has 2 atom stereocenters. The Morgan fingerprint density at radius 2 is 1.82 bits per heavy atom. The van der Waals surface area contributed by atoms with Gasteiger partial charge in [-0.05, 0) is 11.6 Å². The summed E-state index contributed by atoms with van der Waals surface area (Å²) in [5.41, 5.74) is 1.34. The maximum atomic E-state index is 12.2. The minimum atomic E-state index is -0.870. The molecule has 2 aromatic carbocycles. The predicted molar refractivity (Wildman–Crippen MR) is 85.6 cm³/mol. The Kier molecular flexibility index (Phi) is 5.95. The molecule has 0 bridgehead atoms. The monoisotopic (exact) mass is 319 g/mol. The van der Waals surface area contributed by atoms with Crippen LogP contribution in [0.1, 0.15) is 23.3 Å². The van der Waals surface area contributed by atoms with Crippen LogP contribution in [0.15, 0.2) is 54.6 Å². The number of methoxy groups -OCH3 is 1. The Hall–Kier alpha value is -1.88. The van der Waals surface area contributed by atoms with Crippen molar-refractivity contribution in [3.8, 4) is 0 Å². The Morgan fingerprint density at radius 1 is 1.18 bits per heavy atom. The first kappa shape index (κ1) is 16.5. The molecule has 0 radical (unpaired) electrons. The second-order valence-corrected chi connectivity index (χ2v) is 5.22. The van der Waals surface area contributed by atoms with E-state index in [-0.39, 0.29) is 12.5 Å². The highest BCUT2D eigenvalue weighted by Gasteiger charge is 2.21. The van der Waals surface area contributed by atoms with Gasteiger partial charge in [0.05, 0.1) is 6.10 Å². The van der Waals surface area contributed by atoms with E-state index in [9.17, 15) is 9.90 Å². The van der Waals surface area contributed by atoms with Crippen molar-refractivity contribution in [3.63, 3.8) is 0 Å². The number of halogens is 1. The van der Waals surface area contributed by atoms with Crippen molar-refractivity contribution in [1.82, 2.24) is 5.32 Å². The van der Waals surface area contributed by atoms with Crippen molar-refractivity contribution in [2.75, 3.05) is 13.7 Å². The average molecular weight is 320 g/mol. The van der Waals surface area contributed by atoms with E-state index in [4.69, 9.17) is 16.3 Å². The lowest BCUT2D eigenvalue weighted by atomic mass is 10.1. The number of benzene rings is 2. The SMILES string of the molecule is CO[C@@H](C(=O)NCC(O)c1ccccc1Cl)c1ccccc1. The second-order valence-electron chi connectivity index (χ2n) is 4.81. The smallest absolute Gasteiger partial charge is 0.253 e. The van der Waals surface area contributed by atoms with E-state index >= 15 is 0 Å². The van der Waals surface area contributed by atoms with E-state index in [1.54, 1.807) is 24.3 Å². The Bertz CT molecular complexity index is 618. The molecule has 116 valence electrons. The van der Waals surface area contributed by atoms with Crippen LogP contribution in [0.2, 0.25) is 5.02 Å². The van der Waals surface area contributed by atoms with Gasteiger partial charge in [-0.25, -0.2) is 0 Å². The molecule has 0 aromatic heterocycles. The van der Waals surface area contributed by atoms with Gasteiger partial charge in [0.25, 0.3) is 5.91 Å². The zero-order valence-electron chi connectivity index (χ0n) is 12.2. The summed E-state index contributed by atoms with van der Waals surface area (Å²) in [5, 5.41) is 13.3. The van der Waals surface area contributed by atoms with E-state index in [1.807, 2.05) is 30.3 Å². The van der Waals surface area contributed by atoms with Crippen molar-refractivity contribution in [2.24, 2.45) is 0 Å². The maximum Gasteiger partial charge on any atom is 0.253 e. The van der Waals surface area contributed by atoms with Crippen LogP contribution in [0.5, 0.6) is 0 Å². The third-order valence-corrected chi connectivity index (χ3v) is 3.65. The number of carbonyl (C=O) groups excluding carboxylic acids is 1. The third kappa shape index (κ3) is 4.07. The molecule has 0 aliphatic heterocycles. The number of aliphatic hydroxyl groups excluding tert-OH is 1. The van der Waals surface area contributed by atoms with E-state index in [2.05, 4.69) is 5.32 Å². The molecular weight excluding hydrogens is 302 g/mol. The summed E-state index contributed by atoms with van der Waals surface area (Å²) in [6, 6.07) is 16.2. The summed E-state index contributed by atoms with van der Waals surface area (Å²) in [4.78, 5) is 12.2. The first-order chi connectivity index (χ1) is 10.6. The van der Waals surface area contributed by atoms with Crippen LogP contribution in [-0.2, 0) is 9.53 Å². The lowest BCUT2D eigenvalue weighted by molar-refractivity contribution is -0.131. The van der Waals surface area contributed by atoms with Crippen molar-refractivity contribution >= 4 is 17.5 Å². The molecule has 0 heterocycles. The lowest BCUT2D eigenvalue weighted by Gasteiger charge is -2.18. The summed E-state index contributed by atoms with van der Waals surface area (Å²) in [5.74, 6) is -0.306. The Morgan fingerprint density at radius 3 is 2.45 bits per heavy atom. The molecule has 1 unspecified atom stereocenters. The van der Waals surface area contributed by atoms with Gasteiger partial charge in [-0.2, -0.15) is 0 Å². The number of aliphatic hydroxyl groups is 1. The van der Waals surface area contributed by atoms with Gasteiger partial charge < -0.3 is 15.2 Å². The average Bonchev–Trinajstić information content (AvgIpc) is 2.55. The van der Waals surface area contributed by atoms with Gasteiger partial charge in [0.15, 0.2) is 6.10 Å². The molecule has 5 heteroatoms. The minimum absolute atomic E-state index is 0.0647. The van der Waals surface area contributed by atoms with Crippen LogP contribution in [0.3, 0.4) is 0 Å². The molecule has 2 aromatic rings. The number of carbonyl (C=O) groups is 1. The largest absolute Gasteiger partial charge is 0.387 e. The highest BCUT2D eigenvalue weighted by molar-refractivity contribution is 6.31. The number of rotatable bonds is 6. The minimum Gasteiger partial charge on any atom is -0.387 e. The Labute approximate surface area is 134 Å². The highest BCUT2D eigenvalue weighted by Crippen LogP contribution is 2.22. The molecule has 0 saturated heterocycles. The normalized spacial score (nSPS) is 13.4. The highest BCUT2D eigenvalue weighted by atomic mass is 35.5. The van der Waals surface area contributed by atoms with Gasteiger partial charge in [-0.1, -0.05) is 60.1 Å². The first-order valence-electron chi connectivity index (χ1n) is 6.91. The summed E-state index contributed by atoms with van der Waals surface area (Å²) in [6.45, 7) is 0.0647. The van der Waals surface area contributed by atoms with E-state index < -0.39 is 12.2 Å². The van der Waals surface area contributed by atoms with Crippen LogP contribution >= 0.6 is 11.6 Å². The summed E-state index contributed by atoms with van der Waals surface area (Å²) >= 11 is 6.02. The molecule has 0 aliphatic rings. The maximum absolute atomic E-state index is 12.2. The standard InChI is InChI=1S/C17H18ClNO3/c1-22-16(12-7-3-2-4-8-12)17(21)19-11-15(20)13-9-5-6-10-14(13)18/h2-10,15-16,20H,11H2,1H3,(H,19,21)/t15?,16-/m1/s1. The number of nitrogens with one attached hydrogen (secondary N) is 1. The second kappa shape index (κ2) is 7.94. The van der Waals surface area contributed by atoms with Crippen molar-refractivity contribution in [1.29, 1.82) is 0 Å². The topological polar surface area (TPSA) is 58.6 Å². The van der Waals surface area contributed by atoms with E-state index in [0.29, 0.717) is 10.6 Å². The fraction of sp³-hybridized carbons (Fsp3) is 0.235. The van der Waals surface area contributed by atoms with Crippen molar-refractivity contribution in [2.45, 2.75) is 12.2 Å². The zero-order valence-corrected chi connectivity index (χ0v) is 13.0. The van der Waals surface area contributed by atoms with Crippen LogP contribution in [0.25, 0.3) is 0 Å². The molecule has 4 nitrogen and oxygen atoms in total. The molecule has 0 spiro atoms.